The van der Waals surface area contributed by atoms with E-state index < -0.39 is 0 Å². The van der Waals surface area contributed by atoms with E-state index in [2.05, 4.69) is 15.6 Å². The summed E-state index contributed by atoms with van der Waals surface area (Å²) >= 11 is 0. The average Bonchev–Trinajstić information content (AvgIpc) is 2.59. The molecule has 0 spiro atoms. The third-order valence-corrected chi connectivity index (χ3v) is 2.80. The first-order valence-electron chi connectivity index (χ1n) is 5.72. The highest BCUT2D eigenvalue weighted by Crippen LogP contribution is 2.12. The van der Waals surface area contributed by atoms with Gasteiger partial charge in [-0.05, 0) is 31.5 Å². The van der Waals surface area contributed by atoms with Crippen molar-refractivity contribution in [2.45, 2.75) is 25.3 Å². The number of hydrogen-bond donors (Lipinski definition) is 2. The molecule has 4 heteroatoms. The van der Waals surface area contributed by atoms with E-state index in [-0.39, 0.29) is 0 Å². The molecule has 0 amide bonds. The van der Waals surface area contributed by atoms with Crippen LogP contribution in [0.15, 0.2) is 18.3 Å². The van der Waals surface area contributed by atoms with Crippen molar-refractivity contribution in [2.75, 3.05) is 18.4 Å². The Hall–Kier alpha value is -1.60. The van der Waals surface area contributed by atoms with Crippen molar-refractivity contribution in [1.29, 1.82) is 5.26 Å². The van der Waals surface area contributed by atoms with Crippen LogP contribution in [0.3, 0.4) is 0 Å². The molecule has 16 heavy (non-hydrogen) atoms. The van der Waals surface area contributed by atoms with E-state index in [1.54, 1.807) is 12.3 Å². The number of anilines is 1. The van der Waals surface area contributed by atoms with Crippen molar-refractivity contribution in [1.82, 2.24) is 10.3 Å². The van der Waals surface area contributed by atoms with Gasteiger partial charge in [0.05, 0.1) is 11.9 Å². The lowest BCUT2D eigenvalue weighted by Crippen LogP contribution is -2.30. The zero-order chi connectivity index (χ0) is 11.2. The first-order chi connectivity index (χ1) is 7.88. The van der Waals surface area contributed by atoms with Gasteiger partial charge in [0, 0.05) is 12.6 Å². The van der Waals surface area contributed by atoms with Gasteiger partial charge in [0.2, 0.25) is 0 Å². The molecule has 0 bridgehead atoms. The topological polar surface area (TPSA) is 60.7 Å². The van der Waals surface area contributed by atoms with Crippen molar-refractivity contribution in [2.24, 2.45) is 0 Å². The third kappa shape index (κ3) is 2.94. The molecule has 2 heterocycles. The molecule has 4 nitrogen and oxygen atoms in total. The van der Waals surface area contributed by atoms with Gasteiger partial charge in [-0.25, -0.2) is 4.98 Å². The summed E-state index contributed by atoms with van der Waals surface area (Å²) in [5, 5.41) is 15.5. The predicted octanol–water partition coefficient (Wildman–Crippen LogP) is 1.51. The second-order valence-electron chi connectivity index (χ2n) is 4.09. The molecular weight excluding hydrogens is 200 g/mol. The molecule has 1 aromatic rings. The van der Waals surface area contributed by atoms with Crippen LogP contribution in [-0.4, -0.2) is 24.1 Å². The van der Waals surface area contributed by atoms with Gasteiger partial charge in [-0.1, -0.05) is 6.42 Å². The number of pyridine rings is 1. The zero-order valence-corrected chi connectivity index (χ0v) is 9.24. The molecule has 1 aliphatic heterocycles. The second-order valence-corrected chi connectivity index (χ2v) is 4.09. The van der Waals surface area contributed by atoms with E-state index >= 15 is 0 Å². The van der Waals surface area contributed by atoms with Crippen molar-refractivity contribution >= 4 is 5.69 Å². The summed E-state index contributed by atoms with van der Waals surface area (Å²) in [6, 6.07) is 6.14. The number of rotatable bonds is 2. The minimum absolute atomic E-state index is 0.463. The Morgan fingerprint density at radius 3 is 3.12 bits per heavy atom. The molecule has 84 valence electrons. The van der Waals surface area contributed by atoms with E-state index in [0.717, 1.165) is 18.8 Å². The highest BCUT2D eigenvalue weighted by atomic mass is 15.0. The molecule has 1 saturated heterocycles. The molecule has 1 fully saturated rings. The number of nitrogens with zero attached hydrogens (tertiary/aromatic N) is 2. The number of hydrogen-bond acceptors (Lipinski definition) is 4. The van der Waals surface area contributed by atoms with Gasteiger partial charge in [-0.2, -0.15) is 5.26 Å². The summed E-state index contributed by atoms with van der Waals surface area (Å²) in [7, 11) is 0. The maximum Gasteiger partial charge on any atom is 0.140 e. The molecular formula is C12H16N4. The molecule has 0 aromatic carbocycles. The lowest BCUT2D eigenvalue weighted by Gasteiger charge is -2.17. The van der Waals surface area contributed by atoms with Gasteiger partial charge < -0.3 is 10.6 Å². The van der Waals surface area contributed by atoms with E-state index in [9.17, 15) is 0 Å². The van der Waals surface area contributed by atoms with Crippen LogP contribution in [0.25, 0.3) is 0 Å². The van der Waals surface area contributed by atoms with Crippen LogP contribution in [-0.2, 0) is 0 Å². The lowest BCUT2D eigenvalue weighted by molar-refractivity contribution is 0.636. The molecule has 1 atom stereocenters. The first kappa shape index (κ1) is 10.9. The van der Waals surface area contributed by atoms with E-state index in [1.807, 2.05) is 12.1 Å². The van der Waals surface area contributed by atoms with Gasteiger partial charge in [0.1, 0.15) is 11.8 Å². The summed E-state index contributed by atoms with van der Waals surface area (Å²) in [4.78, 5) is 4.04. The summed E-state index contributed by atoms with van der Waals surface area (Å²) in [6.07, 6.45) is 5.43. The summed E-state index contributed by atoms with van der Waals surface area (Å²) in [5.74, 6) is 0. The van der Waals surface area contributed by atoms with E-state index in [4.69, 9.17) is 5.26 Å². The van der Waals surface area contributed by atoms with Gasteiger partial charge in [-0.3, -0.25) is 0 Å². The van der Waals surface area contributed by atoms with Crippen LogP contribution < -0.4 is 10.6 Å². The third-order valence-electron chi connectivity index (χ3n) is 2.80. The molecule has 2 N–H and O–H groups in total. The Bertz CT molecular complexity index is 358. The van der Waals surface area contributed by atoms with Crippen molar-refractivity contribution in [3.8, 4) is 6.07 Å². The van der Waals surface area contributed by atoms with Crippen LogP contribution in [0.4, 0.5) is 5.69 Å². The fraction of sp³-hybridized carbons (Fsp3) is 0.500. The highest BCUT2D eigenvalue weighted by Gasteiger charge is 2.11. The monoisotopic (exact) mass is 216 g/mol. The van der Waals surface area contributed by atoms with Crippen LogP contribution in [0.1, 0.15) is 25.0 Å². The normalized spacial score (nSPS) is 20.8. The first-order valence-corrected chi connectivity index (χ1v) is 5.72. The van der Waals surface area contributed by atoms with Crippen molar-refractivity contribution < 1.29 is 0 Å². The quantitative estimate of drug-likeness (QED) is 0.786. The Morgan fingerprint density at radius 2 is 2.38 bits per heavy atom. The lowest BCUT2D eigenvalue weighted by atomic mass is 10.1. The van der Waals surface area contributed by atoms with Crippen molar-refractivity contribution in [3.63, 3.8) is 0 Å². The van der Waals surface area contributed by atoms with Gasteiger partial charge in [0.15, 0.2) is 0 Å². The SMILES string of the molecule is N#Cc1ccc(NC2CCCCNC2)cn1. The Kier molecular flexibility index (Phi) is 3.73. The maximum atomic E-state index is 8.64. The number of aromatic nitrogens is 1. The Balaban J connectivity index is 1.94. The Morgan fingerprint density at radius 1 is 1.44 bits per heavy atom. The van der Waals surface area contributed by atoms with Crippen LogP contribution in [0.5, 0.6) is 0 Å². The number of nitrogens with one attached hydrogen (secondary N) is 2. The minimum Gasteiger partial charge on any atom is -0.380 e. The van der Waals surface area contributed by atoms with E-state index in [1.165, 1.54) is 19.3 Å². The van der Waals surface area contributed by atoms with Crippen LogP contribution >= 0.6 is 0 Å². The standard InChI is InChI=1S/C12H16N4/c13-7-10-4-5-12(9-15-10)16-11-3-1-2-6-14-8-11/h4-5,9,11,14,16H,1-3,6,8H2. The summed E-state index contributed by atoms with van der Waals surface area (Å²) in [5.41, 5.74) is 1.46. The largest absolute Gasteiger partial charge is 0.380 e. The van der Waals surface area contributed by atoms with Crippen molar-refractivity contribution in [3.05, 3.63) is 24.0 Å². The predicted molar refractivity (Wildman–Crippen MR) is 63.1 cm³/mol. The summed E-state index contributed by atoms with van der Waals surface area (Å²) in [6.45, 7) is 2.11. The van der Waals surface area contributed by atoms with Crippen LogP contribution in [0.2, 0.25) is 0 Å². The molecule has 1 aliphatic rings. The Labute approximate surface area is 95.7 Å². The van der Waals surface area contributed by atoms with Crippen LogP contribution in [0, 0.1) is 11.3 Å². The van der Waals surface area contributed by atoms with Gasteiger partial charge in [0.25, 0.3) is 0 Å². The van der Waals surface area contributed by atoms with Gasteiger partial charge in [-0.15, -0.1) is 0 Å². The molecule has 0 radical (unpaired) electrons. The van der Waals surface area contributed by atoms with E-state index in [0.29, 0.717) is 11.7 Å². The average molecular weight is 216 g/mol. The smallest absolute Gasteiger partial charge is 0.140 e. The molecule has 0 aliphatic carbocycles. The molecule has 1 aromatic heterocycles. The zero-order valence-electron chi connectivity index (χ0n) is 9.24. The summed E-state index contributed by atoms with van der Waals surface area (Å²) < 4.78 is 0. The van der Waals surface area contributed by atoms with Gasteiger partial charge >= 0.3 is 0 Å². The molecule has 0 saturated carbocycles. The second kappa shape index (κ2) is 5.47. The fourth-order valence-corrected chi connectivity index (χ4v) is 1.92. The minimum atomic E-state index is 0.463. The highest BCUT2D eigenvalue weighted by molar-refractivity contribution is 5.43. The number of nitriles is 1. The molecule has 2 rings (SSSR count). The fourth-order valence-electron chi connectivity index (χ4n) is 1.92. The molecule has 1 unspecified atom stereocenters. The maximum absolute atomic E-state index is 8.64.